The summed E-state index contributed by atoms with van der Waals surface area (Å²) in [4.78, 5) is 23.5. The molecule has 1 amide bonds. The standard InChI is InChI=1S/C21H14Cl3NO5/c1-29-20-15(23)9-11(21(27)28)10-16(20)25-18(26)8-6-12-5-7-17(30-12)13-3-2-4-14(22)19(13)24/h2-10H,1H3,(H,25,26)(H,27,28)/b8-6+. The summed E-state index contributed by atoms with van der Waals surface area (Å²) in [7, 11) is 1.36. The highest BCUT2D eigenvalue weighted by Gasteiger charge is 2.15. The second-order valence-corrected chi connectivity index (χ2v) is 7.16. The highest BCUT2D eigenvalue weighted by Crippen LogP contribution is 2.35. The molecular formula is C21H14Cl3NO5. The van der Waals surface area contributed by atoms with Crippen LogP contribution in [0.25, 0.3) is 17.4 Å². The van der Waals surface area contributed by atoms with Gasteiger partial charge >= 0.3 is 5.97 Å². The molecule has 30 heavy (non-hydrogen) atoms. The summed E-state index contributed by atoms with van der Waals surface area (Å²) in [6.07, 6.45) is 2.68. The van der Waals surface area contributed by atoms with E-state index in [-0.39, 0.29) is 22.0 Å². The third kappa shape index (κ3) is 4.79. The molecule has 0 saturated carbocycles. The Kier molecular flexibility index (Phi) is 6.72. The van der Waals surface area contributed by atoms with Crippen LogP contribution in [0, 0.1) is 0 Å². The summed E-state index contributed by atoms with van der Waals surface area (Å²) in [5, 5.41) is 12.5. The highest BCUT2D eigenvalue weighted by atomic mass is 35.5. The minimum absolute atomic E-state index is 0.0609. The minimum Gasteiger partial charge on any atom is -0.493 e. The van der Waals surface area contributed by atoms with Gasteiger partial charge in [0.25, 0.3) is 0 Å². The van der Waals surface area contributed by atoms with Crippen LogP contribution in [0.2, 0.25) is 15.1 Å². The van der Waals surface area contributed by atoms with E-state index in [1.165, 1.54) is 31.4 Å². The van der Waals surface area contributed by atoms with Gasteiger partial charge in [0.2, 0.25) is 5.91 Å². The lowest BCUT2D eigenvalue weighted by atomic mass is 10.2. The molecule has 154 valence electrons. The molecule has 0 aliphatic heterocycles. The summed E-state index contributed by atoms with van der Waals surface area (Å²) in [6, 6.07) is 11.0. The largest absolute Gasteiger partial charge is 0.493 e. The lowest BCUT2D eigenvalue weighted by Gasteiger charge is -2.11. The van der Waals surface area contributed by atoms with E-state index >= 15 is 0 Å². The fraction of sp³-hybridized carbons (Fsp3) is 0.0476. The molecule has 1 heterocycles. The van der Waals surface area contributed by atoms with Crippen molar-refractivity contribution in [3.05, 3.63) is 74.9 Å². The molecule has 0 bridgehead atoms. The zero-order valence-electron chi connectivity index (χ0n) is 15.4. The van der Waals surface area contributed by atoms with Crippen LogP contribution in [-0.2, 0) is 4.79 Å². The monoisotopic (exact) mass is 465 g/mol. The molecule has 3 rings (SSSR count). The number of nitrogens with one attached hydrogen (secondary N) is 1. The quantitative estimate of drug-likeness (QED) is 0.418. The van der Waals surface area contributed by atoms with Crippen LogP contribution >= 0.6 is 34.8 Å². The van der Waals surface area contributed by atoms with Crippen LogP contribution in [-0.4, -0.2) is 24.1 Å². The third-order valence-electron chi connectivity index (χ3n) is 4.00. The number of halogens is 3. The summed E-state index contributed by atoms with van der Waals surface area (Å²) in [6.45, 7) is 0. The molecule has 0 radical (unpaired) electrons. The average molecular weight is 467 g/mol. The Morgan fingerprint density at radius 3 is 2.57 bits per heavy atom. The van der Waals surface area contributed by atoms with E-state index in [2.05, 4.69) is 5.32 Å². The fourth-order valence-corrected chi connectivity index (χ4v) is 3.32. The van der Waals surface area contributed by atoms with Gasteiger partial charge in [-0.2, -0.15) is 0 Å². The molecule has 0 atom stereocenters. The second kappa shape index (κ2) is 9.26. The minimum atomic E-state index is -1.19. The van der Waals surface area contributed by atoms with Crippen molar-refractivity contribution in [1.29, 1.82) is 0 Å². The van der Waals surface area contributed by atoms with Gasteiger partial charge in [-0.1, -0.05) is 40.9 Å². The van der Waals surface area contributed by atoms with E-state index < -0.39 is 11.9 Å². The number of amides is 1. The van der Waals surface area contributed by atoms with Crippen molar-refractivity contribution in [1.82, 2.24) is 0 Å². The van der Waals surface area contributed by atoms with Crippen molar-refractivity contribution in [3.63, 3.8) is 0 Å². The molecule has 1 aromatic heterocycles. The van der Waals surface area contributed by atoms with Crippen molar-refractivity contribution in [3.8, 4) is 17.1 Å². The molecule has 0 aliphatic carbocycles. The number of methoxy groups -OCH3 is 1. The Balaban J connectivity index is 1.78. The van der Waals surface area contributed by atoms with Crippen LogP contribution in [0.5, 0.6) is 5.75 Å². The Morgan fingerprint density at radius 2 is 1.87 bits per heavy atom. The maximum absolute atomic E-state index is 12.3. The zero-order valence-corrected chi connectivity index (χ0v) is 17.7. The smallest absolute Gasteiger partial charge is 0.335 e. The maximum Gasteiger partial charge on any atom is 0.335 e. The second-order valence-electron chi connectivity index (χ2n) is 5.97. The van der Waals surface area contributed by atoms with Gasteiger partial charge in [-0.15, -0.1) is 0 Å². The Bertz CT molecular complexity index is 1150. The number of hydrogen-bond acceptors (Lipinski definition) is 4. The summed E-state index contributed by atoms with van der Waals surface area (Å²) in [5.74, 6) is -0.677. The van der Waals surface area contributed by atoms with Gasteiger partial charge in [0.1, 0.15) is 11.5 Å². The van der Waals surface area contributed by atoms with Gasteiger partial charge in [-0.3, -0.25) is 4.79 Å². The molecule has 0 unspecified atom stereocenters. The highest BCUT2D eigenvalue weighted by molar-refractivity contribution is 6.43. The van der Waals surface area contributed by atoms with Crippen LogP contribution in [0.4, 0.5) is 5.69 Å². The van der Waals surface area contributed by atoms with E-state index in [0.29, 0.717) is 27.1 Å². The van der Waals surface area contributed by atoms with Gasteiger partial charge < -0.3 is 19.6 Å². The summed E-state index contributed by atoms with van der Waals surface area (Å²) < 4.78 is 10.8. The zero-order chi connectivity index (χ0) is 21.8. The van der Waals surface area contributed by atoms with Crippen molar-refractivity contribution < 1.29 is 23.8 Å². The number of furan rings is 1. The summed E-state index contributed by atoms with van der Waals surface area (Å²) in [5.41, 5.74) is 0.662. The van der Waals surface area contributed by atoms with Crippen LogP contribution in [0.1, 0.15) is 16.1 Å². The lowest BCUT2D eigenvalue weighted by Crippen LogP contribution is -2.10. The first-order chi connectivity index (χ1) is 14.3. The van der Waals surface area contributed by atoms with Gasteiger partial charge in [0.05, 0.1) is 33.4 Å². The first-order valence-corrected chi connectivity index (χ1v) is 9.57. The molecule has 2 N–H and O–H groups in total. The number of carboxylic acid groups (broad SMARTS) is 1. The van der Waals surface area contributed by atoms with Crippen LogP contribution in [0.3, 0.4) is 0 Å². The molecule has 9 heteroatoms. The number of anilines is 1. The van der Waals surface area contributed by atoms with Crippen molar-refractivity contribution >= 4 is 58.4 Å². The van der Waals surface area contributed by atoms with Gasteiger partial charge in [-0.25, -0.2) is 4.79 Å². The van der Waals surface area contributed by atoms with Crippen molar-refractivity contribution in [2.45, 2.75) is 0 Å². The van der Waals surface area contributed by atoms with Crippen molar-refractivity contribution in [2.75, 3.05) is 12.4 Å². The first kappa shape index (κ1) is 21.8. The van der Waals surface area contributed by atoms with E-state index in [1.807, 2.05) is 0 Å². The predicted octanol–water partition coefficient (Wildman–Crippen LogP) is 6.27. The van der Waals surface area contributed by atoms with Crippen LogP contribution < -0.4 is 10.1 Å². The third-order valence-corrected chi connectivity index (χ3v) is 5.10. The first-order valence-electron chi connectivity index (χ1n) is 8.44. The van der Waals surface area contributed by atoms with Gasteiger partial charge in [0, 0.05) is 11.6 Å². The topological polar surface area (TPSA) is 88.8 Å². The van der Waals surface area contributed by atoms with E-state index in [4.69, 9.17) is 49.1 Å². The molecule has 2 aromatic carbocycles. The molecule has 6 nitrogen and oxygen atoms in total. The van der Waals surface area contributed by atoms with Gasteiger partial charge in [0.15, 0.2) is 5.75 Å². The Morgan fingerprint density at radius 1 is 1.10 bits per heavy atom. The van der Waals surface area contributed by atoms with E-state index in [9.17, 15) is 9.59 Å². The number of carboxylic acids is 1. The predicted molar refractivity (Wildman–Crippen MR) is 117 cm³/mol. The molecule has 0 spiro atoms. The molecule has 0 fully saturated rings. The van der Waals surface area contributed by atoms with Gasteiger partial charge in [-0.05, 0) is 42.5 Å². The van der Waals surface area contributed by atoms with Crippen LogP contribution in [0.15, 0.2) is 53.0 Å². The number of rotatable bonds is 6. The lowest BCUT2D eigenvalue weighted by molar-refractivity contribution is -0.111. The number of aromatic carboxylic acids is 1. The molecular weight excluding hydrogens is 453 g/mol. The Hall–Kier alpha value is -2.93. The number of carbonyl (C=O) groups is 2. The Labute approximate surface area is 186 Å². The molecule has 0 saturated heterocycles. The SMILES string of the molecule is COc1c(Cl)cc(C(=O)O)cc1NC(=O)/C=C/c1ccc(-c2cccc(Cl)c2Cl)o1. The molecule has 3 aromatic rings. The van der Waals surface area contributed by atoms with Crippen molar-refractivity contribution in [2.24, 2.45) is 0 Å². The number of carbonyl (C=O) groups excluding carboxylic acids is 1. The number of ether oxygens (including phenoxy) is 1. The summed E-state index contributed by atoms with van der Waals surface area (Å²) >= 11 is 18.2. The van der Waals surface area contributed by atoms with E-state index in [1.54, 1.807) is 30.3 Å². The number of hydrogen-bond donors (Lipinski definition) is 2. The number of benzene rings is 2. The average Bonchev–Trinajstić information content (AvgIpc) is 3.17. The maximum atomic E-state index is 12.3. The normalized spacial score (nSPS) is 10.9. The molecule has 0 aliphatic rings. The fourth-order valence-electron chi connectivity index (χ4n) is 2.63. The van der Waals surface area contributed by atoms with E-state index in [0.717, 1.165) is 0 Å².